The zero-order valence-corrected chi connectivity index (χ0v) is 12.0. The van der Waals surface area contributed by atoms with Crippen molar-refractivity contribution < 1.29 is 19.4 Å². The largest absolute Gasteiger partial charge is 0.478 e. The Kier molecular flexibility index (Phi) is 3.92. The van der Waals surface area contributed by atoms with Crippen molar-refractivity contribution in [1.82, 2.24) is 9.61 Å². The van der Waals surface area contributed by atoms with Crippen molar-refractivity contribution in [2.45, 2.75) is 6.61 Å². The van der Waals surface area contributed by atoms with E-state index < -0.39 is 12.1 Å². The molecule has 0 aliphatic heterocycles. The third-order valence-corrected chi connectivity index (χ3v) is 3.18. The molecule has 1 aromatic carbocycles. The van der Waals surface area contributed by atoms with Crippen LogP contribution in [0.5, 0.6) is 0 Å². The molecule has 0 atom stereocenters. The van der Waals surface area contributed by atoms with E-state index in [4.69, 9.17) is 9.84 Å². The lowest BCUT2D eigenvalue weighted by Crippen LogP contribution is -2.13. The number of carbonyl (C=O) groups is 2. The average Bonchev–Trinajstić information content (AvgIpc) is 2.95. The van der Waals surface area contributed by atoms with Crippen LogP contribution in [0.25, 0.3) is 5.52 Å². The number of carboxylic acid groups (broad SMARTS) is 1. The van der Waals surface area contributed by atoms with E-state index in [0.29, 0.717) is 5.52 Å². The van der Waals surface area contributed by atoms with Gasteiger partial charge >= 0.3 is 12.1 Å². The fourth-order valence-corrected chi connectivity index (χ4v) is 2.12. The van der Waals surface area contributed by atoms with Gasteiger partial charge in [-0.2, -0.15) is 0 Å². The molecule has 7 heteroatoms. The highest BCUT2D eigenvalue weighted by atomic mass is 16.5. The van der Waals surface area contributed by atoms with Crippen LogP contribution in [0.3, 0.4) is 0 Å². The number of pyridine rings is 1. The Labute approximate surface area is 131 Å². The summed E-state index contributed by atoms with van der Waals surface area (Å²) in [4.78, 5) is 22.9. The number of fused-ring (bicyclic) bond motifs is 1. The van der Waals surface area contributed by atoms with Gasteiger partial charge in [-0.1, -0.05) is 30.3 Å². The van der Waals surface area contributed by atoms with E-state index in [1.807, 2.05) is 30.3 Å². The highest BCUT2D eigenvalue weighted by Crippen LogP contribution is 2.16. The number of benzene rings is 1. The summed E-state index contributed by atoms with van der Waals surface area (Å²) in [7, 11) is 0. The second-order valence-electron chi connectivity index (χ2n) is 4.77. The Balaban J connectivity index is 1.70. The number of aromatic carboxylic acids is 1. The molecule has 2 N–H and O–H groups in total. The quantitative estimate of drug-likeness (QED) is 0.773. The topological polar surface area (TPSA) is 92.9 Å². The summed E-state index contributed by atoms with van der Waals surface area (Å²) in [6, 6.07) is 13.8. The minimum Gasteiger partial charge on any atom is -0.478 e. The maximum absolute atomic E-state index is 11.8. The predicted molar refractivity (Wildman–Crippen MR) is 82.4 cm³/mol. The van der Waals surface area contributed by atoms with Crippen molar-refractivity contribution in [3.05, 3.63) is 65.9 Å². The number of rotatable bonds is 4. The molecule has 7 nitrogen and oxygen atoms in total. The molecule has 0 aliphatic carbocycles. The van der Waals surface area contributed by atoms with Crippen LogP contribution in [0.1, 0.15) is 15.9 Å². The first kappa shape index (κ1) is 14.6. The summed E-state index contributed by atoms with van der Waals surface area (Å²) < 4.78 is 6.48. The highest BCUT2D eigenvalue weighted by Gasteiger charge is 2.13. The van der Waals surface area contributed by atoms with Crippen molar-refractivity contribution in [1.29, 1.82) is 0 Å². The lowest BCUT2D eigenvalue weighted by Gasteiger charge is -2.04. The molecule has 116 valence electrons. The van der Waals surface area contributed by atoms with Gasteiger partial charge in [0.15, 0.2) is 5.82 Å². The van der Waals surface area contributed by atoms with Gasteiger partial charge in [0.2, 0.25) is 0 Å². The molecule has 3 aromatic rings. The second-order valence-corrected chi connectivity index (χ2v) is 4.77. The van der Waals surface area contributed by atoms with E-state index >= 15 is 0 Å². The number of carboxylic acids is 1. The Bertz CT molecular complexity index is 858. The van der Waals surface area contributed by atoms with Crippen LogP contribution in [0.15, 0.2) is 54.7 Å². The van der Waals surface area contributed by atoms with E-state index in [1.54, 1.807) is 12.3 Å². The number of anilines is 1. The van der Waals surface area contributed by atoms with Crippen LogP contribution in [0, 0.1) is 0 Å². The minimum absolute atomic E-state index is 0.103. The van der Waals surface area contributed by atoms with Crippen molar-refractivity contribution in [3.8, 4) is 0 Å². The Morgan fingerprint density at radius 1 is 1.17 bits per heavy atom. The second kappa shape index (κ2) is 6.18. The van der Waals surface area contributed by atoms with E-state index in [0.717, 1.165) is 5.56 Å². The molecule has 0 radical (unpaired) electrons. The zero-order valence-electron chi connectivity index (χ0n) is 12.0. The minimum atomic E-state index is -1.06. The molecule has 0 aliphatic rings. The number of hydrogen-bond acceptors (Lipinski definition) is 4. The Morgan fingerprint density at radius 2 is 1.96 bits per heavy atom. The average molecular weight is 311 g/mol. The third kappa shape index (κ3) is 3.29. The lowest BCUT2D eigenvalue weighted by molar-refractivity contribution is 0.0698. The number of hydrogen-bond donors (Lipinski definition) is 2. The fourth-order valence-electron chi connectivity index (χ4n) is 2.12. The number of nitrogens with one attached hydrogen (secondary N) is 1. The highest BCUT2D eigenvalue weighted by molar-refractivity contribution is 5.96. The summed E-state index contributed by atoms with van der Waals surface area (Å²) >= 11 is 0. The Hall–Kier alpha value is -3.35. The van der Waals surface area contributed by atoms with Gasteiger partial charge in [0.05, 0.1) is 11.1 Å². The van der Waals surface area contributed by atoms with E-state index in [9.17, 15) is 9.59 Å². The summed E-state index contributed by atoms with van der Waals surface area (Å²) in [5.41, 5.74) is 1.36. The van der Waals surface area contributed by atoms with Crippen LogP contribution in [0.2, 0.25) is 0 Å². The van der Waals surface area contributed by atoms with Gasteiger partial charge in [0, 0.05) is 12.3 Å². The van der Waals surface area contributed by atoms with Gasteiger partial charge in [-0.25, -0.2) is 14.1 Å². The first-order valence-corrected chi connectivity index (χ1v) is 6.83. The van der Waals surface area contributed by atoms with E-state index in [-0.39, 0.29) is 18.0 Å². The maximum Gasteiger partial charge on any atom is 0.413 e. The normalized spacial score (nSPS) is 10.4. The summed E-state index contributed by atoms with van der Waals surface area (Å²) in [6.45, 7) is 0.139. The molecule has 2 aromatic heterocycles. The number of ether oxygens (including phenoxy) is 1. The first-order chi connectivity index (χ1) is 11.1. The van der Waals surface area contributed by atoms with Gasteiger partial charge in [-0.15, -0.1) is 5.10 Å². The van der Waals surface area contributed by atoms with Crippen molar-refractivity contribution in [2.75, 3.05) is 5.32 Å². The molecular formula is C16H13N3O4. The monoisotopic (exact) mass is 311 g/mol. The van der Waals surface area contributed by atoms with E-state index in [2.05, 4.69) is 10.4 Å². The molecule has 0 saturated heterocycles. The molecule has 0 spiro atoms. The van der Waals surface area contributed by atoms with Gasteiger partial charge in [0.25, 0.3) is 0 Å². The van der Waals surface area contributed by atoms with Crippen LogP contribution >= 0.6 is 0 Å². The van der Waals surface area contributed by atoms with Crippen LogP contribution in [0.4, 0.5) is 10.6 Å². The molecule has 0 unspecified atom stereocenters. The van der Waals surface area contributed by atoms with Gasteiger partial charge in [0.1, 0.15) is 6.61 Å². The number of aromatic nitrogens is 2. The van der Waals surface area contributed by atoms with Gasteiger partial charge in [-0.3, -0.25) is 5.32 Å². The van der Waals surface area contributed by atoms with Crippen molar-refractivity contribution in [2.24, 2.45) is 0 Å². The number of carbonyl (C=O) groups excluding carboxylic acids is 1. The van der Waals surface area contributed by atoms with Crippen LogP contribution < -0.4 is 5.32 Å². The smallest absolute Gasteiger partial charge is 0.413 e. The predicted octanol–water partition coefficient (Wildman–Crippen LogP) is 2.78. The lowest BCUT2D eigenvalue weighted by atomic mass is 10.2. The zero-order chi connectivity index (χ0) is 16.2. The third-order valence-electron chi connectivity index (χ3n) is 3.18. The first-order valence-electron chi connectivity index (χ1n) is 6.83. The summed E-state index contributed by atoms with van der Waals surface area (Å²) in [6.07, 6.45) is 0.941. The molecule has 3 rings (SSSR count). The summed E-state index contributed by atoms with van der Waals surface area (Å²) in [5, 5.41) is 15.7. The van der Waals surface area contributed by atoms with Crippen LogP contribution in [-0.4, -0.2) is 26.8 Å². The Morgan fingerprint density at radius 3 is 2.70 bits per heavy atom. The molecule has 0 bridgehead atoms. The molecular weight excluding hydrogens is 298 g/mol. The molecule has 0 saturated carbocycles. The standard InChI is InChI=1S/C16H13N3O4/c20-15(21)12-7-4-8-19-13(12)9-14(18-19)17-16(22)23-10-11-5-2-1-3-6-11/h1-9H,10H2,(H,20,21)(H,17,18,22). The van der Waals surface area contributed by atoms with Crippen LogP contribution in [-0.2, 0) is 11.3 Å². The summed E-state index contributed by atoms with van der Waals surface area (Å²) in [5.74, 6) is -0.842. The van der Waals surface area contributed by atoms with Crippen molar-refractivity contribution >= 4 is 23.4 Å². The molecule has 1 amide bonds. The number of amides is 1. The van der Waals surface area contributed by atoms with Crippen molar-refractivity contribution in [3.63, 3.8) is 0 Å². The molecule has 0 fully saturated rings. The van der Waals surface area contributed by atoms with E-state index in [1.165, 1.54) is 16.6 Å². The van der Waals surface area contributed by atoms with Gasteiger partial charge in [-0.05, 0) is 17.7 Å². The fraction of sp³-hybridized carbons (Fsp3) is 0.0625. The molecule has 23 heavy (non-hydrogen) atoms. The number of nitrogens with zero attached hydrogens (tertiary/aromatic N) is 2. The maximum atomic E-state index is 11.8. The molecule has 2 heterocycles. The SMILES string of the molecule is O=C(Nc1cc2c(C(=O)O)cccn2n1)OCc1ccccc1. The van der Waals surface area contributed by atoms with Gasteiger partial charge < -0.3 is 9.84 Å².